The normalized spacial score (nSPS) is 13.0. The van der Waals surface area contributed by atoms with Crippen molar-refractivity contribution in [3.63, 3.8) is 0 Å². The van der Waals surface area contributed by atoms with E-state index >= 15 is 0 Å². The summed E-state index contributed by atoms with van der Waals surface area (Å²) in [5.41, 5.74) is 18.0. The number of ether oxygens (including phenoxy) is 1. The second-order valence-corrected chi connectivity index (χ2v) is 19.7. The standard InChI is InChI=1S/C67H41NO2S/c1-3-18-42(19-4-1)43-36-37-60-54(39-43)64-59(32-17-34-62(64)69-60)68(46-22-5-2-6-23-46)47-40-53(45-21-15-20-44(38-45)48-27-16-28-52-51-26-9-14-35-63(51)71-66(48)52)65-58(41-47)67(57-31-12-13-33-61(57)70-65)55-29-10-7-24-49(55)50-25-8-11-30-56(50)67/h1-41H. The van der Waals surface area contributed by atoms with E-state index < -0.39 is 5.41 Å². The summed E-state index contributed by atoms with van der Waals surface area (Å²) < 4.78 is 16.7. The number of rotatable bonds is 6. The molecule has 71 heavy (non-hydrogen) atoms. The first-order chi connectivity index (χ1) is 35.2. The number of fused-ring (bicyclic) bond motifs is 15. The Morgan fingerprint density at radius 3 is 1.82 bits per heavy atom. The highest BCUT2D eigenvalue weighted by Gasteiger charge is 2.52. The van der Waals surface area contributed by atoms with Crippen LogP contribution in [0.1, 0.15) is 22.3 Å². The van der Waals surface area contributed by atoms with Crippen molar-refractivity contribution in [3.8, 4) is 56.0 Å². The van der Waals surface area contributed by atoms with Crippen molar-refractivity contribution in [2.45, 2.75) is 5.41 Å². The van der Waals surface area contributed by atoms with Crippen molar-refractivity contribution in [3.05, 3.63) is 271 Å². The number of anilines is 3. The zero-order chi connectivity index (χ0) is 46.6. The van der Waals surface area contributed by atoms with Crippen LogP contribution in [-0.4, -0.2) is 0 Å². The van der Waals surface area contributed by atoms with Crippen LogP contribution in [0.15, 0.2) is 253 Å². The van der Waals surface area contributed by atoms with Crippen LogP contribution in [0.5, 0.6) is 11.5 Å². The molecule has 1 aliphatic heterocycles. The van der Waals surface area contributed by atoms with Crippen molar-refractivity contribution in [2.75, 3.05) is 4.90 Å². The second kappa shape index (κ2) is 15.5. The third-order valence-corrected chi connectivity index (χ3v) is 16.1. The molecule has 15 rings (SSSR count). The van der Waals surface area contributed by atoms with Gasteiger partial charge in [-0.15, -0.1) is 11.3 Å². The molecule has 13 aromatic rings. The summed E-state index contributed by atoms with van der Waals surface area (Å²) in [5.74, 6) is 1.71. The van der Waals surface area contributed by atoms with Gasteiger partial charge >= 0.3 is 0 Å². The van der Waals surface area contributed by atoms with Crippen molar-refractivity contribution in [2.24, 2.45) is 0 Å². The lowest BCUT2D eigenvalue weighted by atomic mass is 9.65. The van der Waals surface area contributed by atoms with Gasteiger partial charge in [0.2, 0.25) is 0 Å². The Labute approximate surface area is 414 Å². The number of benzene rings is 11. The molecule has 0 atom stereocenters. The van der Waals surface area contributed by atoms with Crippen molar-refractivity contribution in [1.82, 2.24) is 0 Å². The van der Waals surface area contributed by atoms with E-state index in [1.165, 1.54) is 48.0 Å². The maximum Gasteiger partial charge on any atom is 0.140 e. The highest BCUT2D eigenvalue weighted by Crippen LogP contribution is 2.64. The van der Waals surface area contributed by atoms with Crippen LogP contribution in [0, 0.1) is 0 Å². The van der Waals surface area contributed by atoms with E-state index in [4.69, 9.17) is 9.15 Å². The van der Waals surface area contributed by atoms with Crippen LogP contribution in [-0.2, 0) is 5.41 Å². The molecule has 0 saturated heterocycles. The number of para-hydroxylation sites is 2. The van der Waals surface area contributed by atoms with E-state index in [0.29, 0.717) is 0 Å². The lowest BCUT2D eigenvalue weighted by Crippen LogP contribution is -2.32. The lowest BCUT2D eigenvalue weighted by Gasteiger charge is -2.41. The van der Waals surface area contributed by atoms with E-state index in [0.717, 1.165) is 89.4 Å². The fraction of sp³-hybridized carbons (Fsp3) is 0.0149. The topological polar surface area (TPSA) is 25.6 Å². The first-order valence-electron chi connectivity index (χ1n) is 24.2. The number of hydrogen-bond acceptors (Lipinski definition) is 4. The minimum Gasteiger partial charge on any atom is -0.456 e. The Morgan fingerprint density at radius 1 is 0.366 bits per heavy atom. The van der Waals surface area contributed by atoms with Crippen LogP contribution in [0.2, 0.25) is 0 Å². The van der Waals surface area contributed by atoms with Gasteiger partial charge < -0.3 is 14.1 Å². The number of thiophene rings is 1. The van der Waals surface area contributed by atoms with Gasteiger partial charge in [0.15, 0.2) is 0 Å². The van der Waals surface area contributed by atoms with Gasteiger partial charge in [-0.3, -0.25) is 0 Å². The molecule has 0 radical (unpaired) electrons. The van der Waals surface area contributed by atoms with Crippen LogP contribution in [0.4, 0.5) is 17.1 Å². The van der Waals surface area contributed by atoms with Gasteiger partial charge in [0, 0.05) is 53.6 Å². The lowest BCUT2D eigenvalue weighted by molar-refractivity contribution is 0.438. The quantitative estimate of drug-likeness (QED) is 0.166. The average Bonchev–Trinajstić information content (AvgIpc) is 4.11. The predicted octanol–water partition coefficient (Wildman–Crippen LogP) is 18.9. The second-order valence-electron chi connectivity index (χ2n) is 18.7. The number of furan rings is 1. The Bertz CT molecular complexity index is 4230. The molecule has 1 spiro atoms. The van der Waals surface area contributed by atoms with E-state index in [-0.39, 0.29) is 0 Å². The molecule has 0 fully saturated rings. The fourth-order valence-electron chi connectivity index (χ4n) is 11.9. The van der Waals surface area contributed by atoms with Gasteiger partial charge in [0.05, 0.1) is 16.5 Å². The molecule has 0 saturated carbocycles. The number of hydrogen-bond donors (Lipinski definition) is 0. The molecule has 11 aromatic carbocycles. The summed E-state index contributed by atoms with van der Waals surface area (Å²) in [4.78, 5) is 2.43. The maximum absolute atomic E-state index is 7.42. The van der Waals surface area contributed by atoms with Crippen LogP contribution in [0.3, 0.4) is 0 Å². The van der Waals surface area contributed by atoms with Gasteiger partial charge in [0.25, 0.3) is 0 Å². The monoisotopic (exact) mass is 923 g/mol. The van der Waals surface area contributed by atoms with Crippen molar-refractivity contribution >= 4 is 70.5 Å². The Morgan fingerprint density at radius 2 is 1.00 bits per heavy atom. The molecule has 2 aromatic heterocycles. The SMILES string of the molecule is c1ccc(-c2ccc3oc4cccc(N(c5ccccc5)c5cc(-c6cccc(-c7cccc8c7sc7ccccc78)c6)c6c(c5)C5(c7ccccc7O6)c6ccccc6-c6ccccc65)c4c3c2)cc1. The summed E-state index contributed by atoms with van der Waals surface area (Å²) in [6.45, 7) is 0. The molecule has 0 unspecified atom stereocenters. The Balaban J connectivity index is 1.05. The molecule has 3 heterocycles. The van der Waals surface area contributed by atoms with E-state index in [9.17, 15) is 0 Å². The highest BCUT2D eigenvalue weighted by atomic mass is 32.1. The van der Waals surface area contributed by atoms with Gasteiger partial charge in [-0.25, -0.2) is 0 Å². The summed E-state index contributed by atoms with van der Waals surface area (Å²) >= 11 is 1.86. The van der Waals surface area contributed by atoms with Crippen molar-refractivity contribution in [1.29, 1.82) is 0 Å². The maximum atomic E-state index is 7.42. The van der Waals surface area contributed by atoms with Gasteiger partial charge in [0.1, 0.15) is 22.7 Å². The summed E-state index contributed by atoms with van der Waals surface area (Å²) in [6, 6.07) is 90.4. The first-order valence-corrected chi connectivity index (χ1v) is 25.0. The molecule has 3 nitrogen and oxygen atoms in total. The van der Waals surface area contributed by atoms with Gasteiger partial charge in [-0.05, 0) is 117 Å². The minimum absolute atomic E-state index is 0.705. The Hall–Kier alpha value is -8.96. The zero-order valence-corrected chi connectivity index (χ0v) is 39.2. The molecule has 1 aliphatic carbocycles. The highest BCUT2D eigenvalue weighted by molar-refractivity contribution is 7.26. The Kier molecular flexibility index (Phi) is 8.74. The van der Waals surface area contributed by atoms with Crippen LogP contribution in [0.25, 0.3) is 86.6 Å². The fourth-order valence-corrected chi connectivity index (χ4v) is 13.2. The summed E-state index contributed by atoms with van der Waals surface area (Å²) in [6.07, 6.45) is 0. The predicted molar refractivity (Wildman–Crippen MR) is 295 cm³/mol. The van der Waals surface area contributed by atoms with Crippen LogP contribution < -0.4 is 9.64 Å². The minimum atomic E-state index is -0.705. The summed E-state index contributed by atoms with van der Waals surface area (Å²) in [7, 11) is 0. The zero-order valence-electron chi connectivity index (χ0n) is 38.3. The molecular formula is C67H41NO2S. The summed E-state index contributed by atoms with van der Waals surface area (Å²) in [5, 5.41) is 4.68. The van der Waals surface area contributed by atoms with Gasteiger partial charge in [-0.1, -0.05) is 182 Å². The first kappa shape index (κ1) is 40.0. The van der Waals surface area contributed by atoms with E-state index in [1.807, 2.05) is 11.3 Å². The molecule has 0 N–H and O–H groups in total. The third kappa shape index (κ3) is 5.89. The average molecular weight is 924 g/mol. The van der Waals surface area contributed by atoms with Crippen molar-refractivity contribution < 1.29 is 9.15 Å². The molecule has 4 heteroatoms. The molecule has 0 amide bonds. The third-order valence-electron chi connectivity index (χ3n) is 14.9. The van der Waals surface area contributed by atoms with E-state index in [2.05, 4.69) is 254 Å². The van der Waals surface area contributed by atoms with Crippen LogP contribution >= 0.6 is 11.3 Å². The molecular weight excluding hydrogens is 883 g/mol. The van der Waals surface area contributed by atoms with E-state index in [1.54, 1.807) is 0 Å². The molecule has 2 aliphatic rings. The van der Waals surface area contributed by atoms with Gasteiger partial charge in [-0.2, -0.15) is 0 Å². The molecule has 0 bridgehead atoms. The molecule has 332 valence electrons. The smallest absolute Gasteiger partial charge is 0.140 e. The number of nitrogens with zero attached hydrogens (tertiary/aromatic N) is 1. The largest absolute Gasteiger partial charge is 0.456 e.